The summed E-state index contributed by atoms with van der Waals surface area (Å²) in [6.45, 7) is 2.44. The maximum absolute atomic E-state index is 12.0. The quantitative estimate of drug-likeness (QED) is 0.363. The molecule has 144 valence electrons. The van der Waals surface area contributed by atoms with E-state index >= 15 is 0 Å². The highest BCUT2D eigenvalue weighted by molar-refractivity contribution is 6.43. The lowest BCUT2D eigenvalue weighted by atomic mass is 10.0. The van der Waals surface area contributed by atoms with Gasteiger partial charge in [-0.3, -0.25) is 0 Å². The van der Waals surface area contributed by atoms with Crippen molar-refractivity contribution in [2.75, 3.05) is 20.8 Å². The molecule has 0 saturated heterocycles. The van der Waals surface area contributed by atoms with Gasteiger partial charge in [-0.05, 0) is 12.5 Å². The third-order valence-corrected chi connectivity index (χ3v) is 4.05. The van der Waals surface area contributed by atoms with Crippen LogP contribution in [0, 0.1) is 0 Å². The fraction of sp³-hybridized carbons (Fsp3) is 0.263. The minimum Gasteiger partial charge on any atom is -0.491 e. The summed E-state index contributed by atoms with van der Waals surface area (Å²) in [5.74, 6) is 0.261. The standard InChI is InChI=1S/C19H19Cl2NO5/c1-4-26-18-15(20)9-13(10-16(18)21)27-11-12-7-5-6-8-14(12)17(22-25-3)19(23)24-2/h5-10H,4,11H2,1-3H3. The average Bonchev–Trinajstić information content (AvgIpc) is 2.67. The molecule has 0 aliphatic heterocycles. The van der Waals surface area contributed by atoms with Gasteiger partial charge in [-0.25, -0.2) is 4.79 Å². The maximum Gasteiger partial charge on any atom is 0.360 e. The molecule has 27 heavy (non-hydrogen) atoms. The summed E-state index contributed by atoms with van der Waals surface area (Å²) >= 11 is 12.4. The van der Waals surface area contributed by atoms with Crippen LogP contribution in [0.25, 0.3) is 0 Å². The summed E-state index contributed by atoms with van der Waals surface area (Å²) in [5.41, 5.74) is 1.29. The Balaban J connectivity index is 2.27. The molecule has 0 fully saturated rings. The number of halogens is 2. The molecule has 0 bridgehead atoms. The van der Waals surface area contributed by atoms with Gasteiger partial charge in [0.2, 0.25) is 0 Å². The van der Waals surface area contributed by atoms with Gasteiger partial charge in [0.15, 0.2) is 11.5 Å². The van der Waals surface area contributed by atoms with E-state index in [9.17, 15) is 4.79 Å². The van der Waals surface area contributed by atoms with Crippen LogP contribution in [0.4, 0.5) is 0 Å². The normalized spacial score (nSPS) is 11.1. The first-order chi connectivity index (χ1) is 13.0. The van der Waals surface area contributed by atoms with E-state index in [1.165, 1.54) is 14.2 Å². The molecule has 0 N–H and O–H groups in total. The Bertz CT molecular complexity index is 816. The zero-order valence-electron chi connectivity index (χ0n) is 15.1. The van der Waals surface area contributed by atoms with Crippen molar-refractivity contribution in [1.29, 1.82) is 0 Å². The van der Waals surface area contributed by atoms with Gasteiger partial charge in [0, 0.05) is 17.7 Å². The van der Waals surface area contributed by atoms with Crippen molar-refractivity contribution in [2.24, 2.45) is 5.16 Å². The van der Waals surface area contributed by atoms with Crippen molar-refractivity contribution >= 4 is 34.9 Å². The van der Waals surface area contributed by atoms with E-state index in [0.29, 0.717) is 39.3 Å². The van der Waals surface area contributed by atoms with Gasteiger partial charge in [-0.2, -0.15) is 0 Å². The van der Waals surface area contributed by atoms with Crippen molar-refractivity contribution in [2.45, 2.75) is 13.5 Å². The molecule has 2 aromatic rings. The lowest BCUT2D eigenvalue weighted by molar-refractivity contribution is -0.132. The summed E-state index contributed by atoms with van der Waals surface area (Å²) in [6, 6.07) is 10.4. The number of nitrogens with zero attached hydrogens (tertiary/aromatic N) is 1. The molecule has 0 amide bonds. The van der Waals surface area contributed by atoms with Gasteiger partial charge in [0.25, 0.3) is 0 Å². The van der Waals surface area contributed by atoms with Crippen molar-refractivity contribution in [3.63, 3.8) is 0 Å². The van der Waals surface area contributed by atoms with E-state index in [1.807, 2.05) is 13.0 Å². The summed E-state index contributed by atoms with van der Waals surface area (Å²) in [4.78, 5) is 16.8. The van der Waals surface area contributed by atoms with E-state index in [0.717, 1.165) is 0 Å². The second kappa shape index (κ2) is 10.0. The highest BCUT2D eigenvalue weighted by Gasteiger charge is 2.19. The van der Waals surface area contributed by atoms with Gasteiger partial charge in [-0.15, -0.1) is 0 Å². The van der Waals surface area contributed by atoms with Crippen molar-refractivity contribution in [1.82, 2.24) is 0 Å². The van der Waals surface area contributed by atoms with Crippen LogP contribution in [0.1, 0.15) is 18.1 Å². The van der Waals surface area contributed by atoms with Gasteiger partial charge in [0.05, 0.1) is 23.8 Å². The van der Waals surface area contributed by atoms with Crippen LogP contribution in [0.15, 0.2) is 41.6 Å². The lowest BCUT2D eigenvalue weighted by Crippen LogP contribution is -2.19. The van der Waals surface area contributed by atoms with Gasteiger partial charge in [-0.1, -0.05) is 52.6 Å². The number of oxime groups is 1. The van der Waals surface area contributed by atoms with Crippen LogP contribution in [-0.4, -0.2) is 32.5 Å². The molecular weight excluding hydrogens is 393 g/mol. The SMILES string of the molecule is CCOc1c(Cl)cc(OCc2ccccc2C(=NOC)C(=O)OC)cc1Cl. The highest BCUT2D eigenvalue weighted by Crippen LogP contribution is 2.37. The average molecular weight is 412 g/mol. The van der Waals surface area contributed by atoms with Gasteiger partial charge >= 0.3 is 5.97 Å². The highest BCUT2D eigenvalue weighted by atomic mass is 35.5. The van der Waals surface area contributed by atoms with Crippen molar-refractivity contribution in [3.8, 4) is 11.5 Å². The molecule has 2 aromatic carbocycles. The molecule has 0 aliphatic carbocycles. The van der Waals surface area contributed by atoms with Crippen LogP contribution >= 0.6 is 23.2 Å². The van der Waals surface area contributed by atoms with E-state index in [-0.39, 0.29) is 12.3 Å². The molecule has 6 nitrogen and oxygen atoms in total. The molecule has 0 spiro atoms. The first-order valence-electron chi connectivity index (χ1n) is 8.04. The van der Waals surface area contributed by atoms with Crippen LogP contribution in [-0.2, 0) is 21.0 Å². The Morgan fingerprint density at radius 1 is 1.07 bits per heavy atom. The Morgan fingerprint density at radius 2 is 1.74 bits per heavy atom. The largest absolute Gasteiger partial charge is 0.491 e. The molecule has 0 atom stereocenters. The second-order valence-corrected chi connectivity index (χ2v) is 6.02. The van der Waals surface area contributed by atoms with Crippen LogP contribution in [0.3, 0.4) is 0 Å². The molecule has 0 saturated carbocycles. The molecule has 0 radical (unpaired) electrons. The van der Waals surface area contributed by atoms with Gasteiger partial charge < -0.3 is 19.0 Å². The first-order valence-corrected chi connectivity index (χ1v) is 8.79. The maximum atomic E-state index is 12.0. The number of rotatable bonds is 8. The van der Waals surface area contributed by atoms with Crippen LogP contribution in [0.2, 0.25) is 10.0 Å². The smallest absolute Gasteiger partial charge is 0.360 e. The number of benzene rings is 2. The van der Waals surface area contributed by atoms with Crippen molar-refractivity contribution < 1.29 is 23.8 Å². The Morgan fingerprint density at radius 3 is 2.33 bits per heavy atom. The third kappa shape index (κ3) is 5.28. The second-order valence-electron chi connectivity index (χ2n) is 5.21. The predicted molar refractivity (Wildman–Crippen MR) is 104 cm³/mol. The van der Waals surface area contributed by atoms with Gasteiger partial charge in [0.1, 0.15) is 19.5 Å². The minimum atomic E-state index is -0.614. The Kier molecular flexibility index (Phi) is 7.76. The number of carbonyl (C=O) groups is 1. The summed E-state index contributed by atoms with van der Waals surface area (Å²) in [5, 5.41) is 4.47. The number of hydrogen-bond acceptors (Lipinski definition) is 6. The monoisotopic (exact) mass is 411 g/mol. The third-order valence-electron chi connectivity index (χ3n) is 3.49. The molecule has 0 aromatic heterocycles. The summed E-state index contributed by atoms with van der Waals surface area (Å²) < 4.78 is 16.0. The zero-order valence-corrected chi connectivity index (χ0v) is 16.6. The Labute approximate surface area is 167 Å². The van der Waals surface area contributed by atoms with E-state index in [4.69, 9.17) is 42.3 Å². The molecule has 8 heteroatoms. The topological polar surface area (TPSA) is 66.3 Å². The van der Waals surface area contributed by atoms with E-state index < -0.39 is 5.97 Å². The van der Waals surface area contributed by atoms with Crippen LogP contribution in [0.5, 0.6) is 11.5 Å². The molecule has 0 aliphatic rings. The zero-order chi connectivity index (χ0) is 19.8. The van der Waals surface area contributed by atoms with Crippen LogP contribution < -0.4 is 9.47 Å². The van der Waals surface area contributed by atoms with Crippen molar-refractivity contribution in [3.05, 3.63) is 57.6 Å². The summed E-state index contributed by atoms with van der Waals surface area (Å²) in [6.07, 6.45) is 0. The van der Waals surface area contributed by atoms with E-state index in [1.54, 1.807) is 30.3 Å². The fourth-order valence-corrected chi connectivity index (χ4v) is 2.90. The number of ether oxygens (including phenoxy) is 3. The van der Waals surface area contributed by atoms with E-state index in [2.05, 4.69) is 5.16 Å². The molecule has 0 unspecified atom stereocenters. The first kappa shape index (κ1) is 20.9. The summed E-state index contributed by atoms with van der Waals surface area (Å²) in [7, 11) is 2.63. The predicted octanol–water partition coefficient (Wildman–Crippen LogP) is 4.49. The Hall–Kier alpha value is -2.44. The number of carbonyl (C=O) groups excluding carboxylic acids is 1. The number of hydrogen-bond donors (Lipinski definition) is 0. The lowest BCUT2D eigenvalue weighted by Gasteiger charge is -2.14. The minimum absolute atomic E-state index is 0.0435. The number of methoxy groups -OCH3 is 1. The number of esters is 1. The fourth-order valence-electron chi connectivity index (χ4n) is 2.32. The molecule has 0 heterocycles. The molecular formula is C19H19Cl2NO5. The molecule has 2 rings (SSSR count).